The van der Waals surface area contributed by atoms with Crippen molar-refractivity contribution in [3.05, 3.63) is 0 Å². The molecule has 2 aliphatic rings. The van der Waals surface area contributed by atoms with Gasteiger partial charge in [-0.2, -0.15) is 0 Å². The Labute approximate surface area is 138 Å². The van der Waals surface area contributed by atoms with Gasteiger partial charge in [0.15, 0.2) is 0 Å². The van der Waals surface area contributed by atoms with Crippen LogP contribution in [0.2, 0.25) is 0 Å². The van der Waals surface area contributed by atoms with Crippen LogP contribution in [0.1, 0.15) is 52.9 Å². The summed E-state index contributed by atoms with van der Waals surface area (Å²) in [7, 11) is 0. The summed E-state index contributed by atoms with van der Waals surface area (Å²) in [6.45, 7) is 7.12. The second-order valence-corrected chi connectivity index (χ2v) is 7.83. The fraction of sp³-hybridized carbons (Fsp3) is 0.941. The molecule has 1 aliphatic carbocycles. The van der Waals surface area contributed by atoms with Gasteiger partial charge in [0.05, 0.1) is 6.04 Å². The zero-order valence-corrected chi connectivity index (χ0v) is 14.6. The molecule has 134 valence electrons. The molecule has 0 unspecified atom stereocenters. The highest BCUT2D eigenvalue weighted by atomic mass is 19.3. The van der Waals surface area contributed by atoms with Crippen LogP contribution in [0.3, 0.4) is 0 Å². The largest absolute Gasteiger partial charge is 0.444 e. The van der Waals surface area contributed by atoms with Gasteiger partial charge in [0, 0.05) is 26.2 Å². The van der Waals surface area contributed by atoms with E-state index in [4.69, 9.17) is 4.74 Å². The lowest BCUT2D eigenvalue weighted by molar-refractivity contribution is -0.0412. The molecule has 0 aromatic heterocycles. The van der Waals surface area contributed by atoms with Crippen molar-refractivity contribution in [2.75, 3.05) is 26.2 Å². The number of ether oxygens (including phenoxy) is 1. The maximum absolute atomic E-state index is 13.5. The van der Waals surface area contributed by atoms with Gasteiger partial charge in [0.1, 0.15) is 5.60 Å². The number of carbonyl (C=O) groups is 1. The normalized spacial score (nSPS) is 25.0. The molecule has 1 amide bonds. The van der Waals surface area contributed by atoms with Gasteiger partial charge in [-0.05, 0) is 39.5 Å². The minimum Gasteiger partial charge on any atom is -0.444 e. The minimum absolute atomic E-state index is 0.0549. The molecule has 0 bridgehead atoms. The van der Waals surface area contributed by atoms with E-state index >= 15 is 0 Å². The van der Waals surface area contributed by atoms with Crippen molar-refractivity contribution in [2.24, 2.45) is 5.92 Å². The Balaban J connectivity index is 1.93. The van der Waals surface area contributed by atoms with Crippen molar-refractivity contribution < 1.29 is 18.3 Å². The van der Waals surface area contributed by atoms with Crippen LogP contribution in [0.15, 0.2) is 0 Å². The molecule has 0 N–H and O–H groups in total. The molecule has 0 aromatic carbocycles. The molecule has 2 rings (SSSR count). The zero-order valence-electron chi connectivity index (χ0n) is 14.6. The topological polar surface area (TPSA) is 32.8 Å². The van der Waals surface area contributed by atoms with E-state index in [1.807, 2.05) is 4.90 Å². The van der Waals surface area contributed by atoms with E-state index in [0.717, 1.165) is 19.4 Å². The zero-order chi connectivity index (χ0) is 17.0. The number of nitrogens with zero attached hydrogens (tertiary/aromatic N) is 2. The number of hydrogen-bond donors (Lipinski definition) is 0. The van der Waals surface area contributed by atoms with Crippen molar-refractivity contribution >= 4 is 6.09 Å². The van der Waals surface area contributed by atoms with Crippen LogP contribution in [-0.2, 0) is 4.74 Å². The predicted molar refractivity (Wildman–Crippen MR) is 85.7 cm³/mol. The Morgan fingerprint density at radius 1 is 1.17 bits per heavy atom. The molecule has 6 heteroatoms. The lowest BCUT2D eigenvalue weighted by atomic mass is 9.88. The average Bonchev–Trinajstić information content (AvgIpc) is 2.46. The summed E-state index contributed by atoms with van der Waals surface area (Å²) >= 11 is 0. The highest BCUT2D eigenvalue weighted by Crippen LogP contribution is 2.27. The third kappa shape index (κ3) is 5.59. The quantitative estimate of drug-likeness (QED) is 0.789. The smallest absolute Gasteiger partial charge is 0.410 e. The van der Waals surface area contributed by atoms with Gasteiger partial charge in [-0.1, -0.05) is 19.3 Å². The summed E-state index contributed by atoms with van der Waals surface area (Å²) in [6, 6.07) is -0.877. The third-order valence-corrected chi connectivity index (χ3v) is 4.69. The van der Waals surface area contributed by atoms with Gasteiger partial charge in [-0.3, -0.25) is 4.90 Å². The Kier molecular flexibility index (Phi) is 6.23. The van der Waals surface area contributed by atoms with Crippen molar-refractivity contribution in [1.29, 1.82) is 0 Å². The summed E-state index contributed by atoms with van der Waals surface area (Å²) in [6.07, 6.45) is 3.04. The molecule has 2 fully saturated rings. The Morgan fingerprint density at radius 3 is 2.39 bits per heavy atom. The summed E-state index contributed by atoms with van der Waals surface area (Å²) in [5.74, 6) is 0.526. The monoisotopic (exact) mass is 332 g/mol. The Morgan fingerprint density at radius 2 is 1.83 bits per heavy atom. The van der Waals surface area contributed by atoms with Gasteiger partial charge in [-0.15, -0.1) is 0 Å². The van der Waals surface area contributed by atoms with Gasteiger partial charge in [-0.25, -0.2) is 13.6 Å². The molecule has 1 atom stereocenters. The van der Waals surface area contributed by atoms with Gasteiger partial charge in [0.2, 0.25) is 0 Å². The fourth-order valence-electron chi connectivity index (χ4n) is 3.51. The molecule has 0 radical (unpaired) electrons. The van der Waals surface area contributed by atoms with E-state index in [-0.39, 0.29) is 6.54 Å². The first kappa shape index (κ1) is 18.4. The molecule has 1 heterocycles. The van der Waals surface area contributed by atoms with E-state index in [9.17, 15) is 13.6 Å². The van der Waals surface area contributed by atoms with E-state index in [1.165, 1.54) is 24.2 Å². The maximum Gasteiger partial charge on any atom is 0.410 e. The molecule has 1 aliphatic heterocycles. The van der Waals surface area contributed by atoms with Crippen LogP contribution >= 0.6 is 0 Å². The molecule has 4 nitrogen and oxygen atoms in total. The van der Waals surface area contributed by atoms with E-state index in [0.29, 0.717) is 19.0 Å². The van der Waals surface area contributed by atoms with Crippen molar-refractivity contribution in [3.8, 4) is 0 Å². The third-order valence-electron chi connectivity index (χ3n) is 4.69. The van der Waals surface area contributed by atoms with Crippen LogP contribution in [0.5, 0.6) is 0 Å². The van der Waals surface area contributed by atoms with Crippen LogP contribution < -0.4 is 0 Å². The Hall–Kier alpha value is -0.910. The second-order valence-electron chi connectivity index (χ2n) is 7.83. The lowest BCUT2D eigenvalue weighted by Crippen LogP contribution is -2.58. The van der Waals surface area contributed by atoms with Crippen LogP contribution in [0.4, 0.5) is 13.6 Å². The maximum atomic E-state index is 13.5. The fourth-order valence-corrected chi connectivity index (χ4v) is 3.51. The highest BCUT2D eigenvalue weighted by molar-refractivity contribution is 5.68. The number of rotatable bonds is 3. The van der Waals surface area contributed by atoms with Crippen molar-refractivity contribution in [3.63, 3.8) is 0 Å². The molecule has 1 saturated heterocycles. The van der Waals surface area contributed by atoms with Gasteiger partial charge >= 0.3 is 6.09 Å². The minimum atomic E-state index is -2.44. The number of piperazine rings is 1. The van der Waals surface area contributed by atoms with Crippen molar-refractivity contribution in [2.45, 2.75) is 70.9 Å². The standard InChI is InChI=1S/C17H30F2N2O2/c1-17(2,3)23-16(22)21-10-9-20(14(12-21)15(18)19)11-13-7-5-4-6-8-13/h13-15H,4-12H2,1-3H3/t14-/m1/s1. The first-order valence-electron chi connectivity index (χ1n) is 8.76. The lowest BCUT2D eigenvalue weighted by Gasteiger charge is -2.42. The molecule has 1 saturated carbocycles. The molecular formula is C17H30F2N2O2. The molecular weight excluding hydrogens is 302 g/mol. The summed E-state index contributed by atoms with van der Waals surface area (Å²) in [5, 5.41) is 0. The van der Waals surface area contributed by atoms with E-state index in [2.05, 4.69) is 0 Å². The van der Waals surface area contributed by atoms with Crippen LogP contribution in [0.25, 0.3) is 0 Å². The van der Waals surface area contributed by atoms with Crippen LogP contribution in [-0.4, -0.2) is 60.1 Å². The summed E-state index contributed by atoms with van der Waals surface area (Å²) in [4.78, 5) is 15.4. The predicted octanol–water partition coefficient (Wildman–Crippen LogP) is 3.75. The van der Waals surface area contributed by atoms with Gasteiger partial charge < -0.3 is 9.64 Å². The molecule has 0 spiro atoms. The average molecular weight is 332 g/mol. The van der Waals surface area contributed by atoms with Crippen molar-refractivity contribution in [1.82, 2.24) is 9.80 Å². The van der Waals surface area contributed by atoms with E-state index < -0.39 is 24.2 Å². The Bertz CT molecular complexity index is 393. The number of carbonyl (C=O) groups excluding carboxylic acids is 1. The summed E-state index contributed by atoms with van der Waals surface area (Å²) < 4.78 is 32.3. The summed E-state index contributed by atoms with van der Waals surface area (Å²) in [5.41, 5.74) is -0.601. The molecule has 23 heavy (non-hydrogen) atoms. The number of halogens is 2. The number of hydrogen-bond acceptors (Lipinski definition) is 3. The number of alkyl halides is 2. The second kappa shape index (κ2) is 7.77. The first-order chi connectivity index (χ1) is 10.8. The van der Waals surface area contributed by atoms with Gasteiger partial charge in [0.25, 0.3) is 6.43 Å². The SMILES string of the molecule is CC(C)(C)OC(=O)N1CCN(CC2CCCCC2)[C@@H](C(F)F)C1. The first-order valence-corrected chi connectivity index (χ1v) is 8.76. The van der Waals surface area contributed by atoms with Crippen LogP contribution in [0, 0.1) is 5.92 Å². The highest BCUT2D eigenvalue weighted by Gasteiger charge is 2.37. The molecule has 0 aromatic rings. The van der Waals surface area contributed by atoms with E-state index in [1.54, 1.807) is 20.8 Å². The number of amides is 1.